The van der Waals surface area contributed by atoms with Crippen LogP contribution >= 0.6 is 15.9 Å². The highest BCUT2D eigenvalue weighted by molar-refractivity contribution is 9.09. The average Bonchev–Trinajstić information content (AvgIpc) is 2.39. The monoisotopic (exact) mass is 322 g/mol. The molecule has 0 radical (unpaired) electrons. The zero-order valence-corrected chi connectivity index (χ0v) is 11.8. The Morgan fingerprint density at radius 1 is 1.28 bits per heavy atom. The normalized spacial score (nSPS) is 9.89. The second-order valence-corrected chi connectivity index (χ2v) is 4.33. The van der Waals surface area contributed by atoms with Crippen LogP contribution in [-0.4, -0.2) is 46.8 Å². The summed E-state index contributed by atoms with van der Waals surface area (Å²) < 4.78 is 0. The van der Waals surface area contributed by atoms with Gasteiger partial charge in [-0.1, -0.05) is 15.9 Å². The number of carbonyl (C=O) groups is 3. The first kappa shape index (κ1) is 17.1. The van der Waals surface area contributed by atoms with Crippen LogP contribution in [0.25, 0.3) is 0 Å². The number of hydrogen-bond donors (Lipinski definition) is 2. The SMILES string of the molecule is O=CCCC(=O)N(O)CCCCCNC(=O)CBr. The van der Waals surface area contributed by atoms with Crippen LogP contribution in [0.15, 0.2) is 0 Å². The molecule has 0 unspecified atom stereocenters. The first-order valence-electron chi connectivity index (χ1n) is 5.87. The van der Waals surface area contributed by atoms with E-state index in [4.69, 9.17) is 0 Å². The number of alkyl halides is 1. The summed E-state index contributed by atoms with van der Waals surface area (Å²) >= 11 is 3.04. The highest BCUT2D eigenvalue weighted by Crippen LogP contribution is 1.99. The van der Waals surface area contributed by atoms with Gasteiger partial charge in [0.2, 0.25) is 11.8 Å². The highest BCUT2D eigenvalue weighted by Gasteiger charge is 2.09. The smallest absolute Gasteiger partial charge is 0.246 e. The van der Waals surface area contributed by atoms with Crippen molar-refractivity contribution in [1.82, 2.24) is 10.4 Å². The van der Waals surface area contributed by atoms with Crippen molar-refractivity contribution in [2.45, 2.75) is 32.1 Å². The van der Waals surface area contributed by atoms with Crippen LogP contribution in [0.2, 0.25) is 0 Å². The van der Waals surface area contributed by atoms with Crippen LogP contribution in [0.1, 0.15) is 32.1 Å². The minimum atomic E-state index is -0.435. The number of hydrogen-bond acceptors (Lipinski definition) is 4. The Morgan fingerprint density at radius 3 is 2.61 bits per heavy atom. The van der Waals surface area contributed by atoms with Gasteiger partial charge in [0.15, 0.2) is 0 Å². The predicted molar refractivity (Wildman–Crippen MR) is 69.5 cm³/mol. The molecular formula is C11H19BrN2O4. The van der Waals surface area contributed by atoms with Crippen LogP contribution in [-0.2, 0) is 14.4 Å². The van der Waals surface area contributed by atoms with E-state index >= 15 is 0 Å². The zero-order valence-electron chi connectivity index (χ0n) is 10.2. The van der Waals surface area contributed by atoms with Gasteiger partial charge in [-0.3, -0.25) is 14.8 Å². The van der Waals surface area contributed by atoms with Gasteiger partial charge in [-0.25, -0.2) is 5.06 Å². The maximum atomic E-state index is 11.2. The molecule has 2 amide bonds. The maximum absolute atomic E-state index is 11.2. The van der Waals surface area contributed by atoms with Gasteiger partial charge in [-0.2, -0.15) is 0 Å². The van der Waals surface area contributed by atoms with E-state index in [0.717, 1.165) is 12.8 Å². The van der Waals surface area contributed by atoms with E-state index in [1.54, 1.807) is 0 Å². The van der Waals surface area contributed by atoms with Crippen LogP contribution in [0, 0.1) is 0 Å². The van der Waals surface area contributed by atoms with Crippen molar-refractivity contribution >= 4 is 34.0 Å². The van der Waals surface area contributed by atoms with Gasteiger partial charge in [0.25, 0.3) is 0 Å². The lowest BCUT2D eigenvalue weighted by molar-refractivity contribution is -0.165. The van der Waals surface area contributed by atoms with E-state index in [9.17, 15) is 19.6 Å². The molecule has 0 atom stereocenters. The van der Waals surface area contributed by atoms with Crippen LogP contribution in [0.3, 0.4) is 0 Å². The topological polar surface area (TPSA) is 86.7 Å². The molecule has 0 aliphatic carbocycles. The Kier molecular flexibility index (Phi) is 10.6. The lowest BCUT2D eigenvalue weighted by atomic mass is 10.2. The van der Waals surface area contributed by atoms with Crippen molar-refractivity contribution in [2.75, 3.05) is 18.4 Å². The summed E-state index contributed by atoms with van der Waals surface area (Å²) in [6, 6.07) is 0. The number of rotatable bonds is 10. The number of amides is 2. The Balaban J connectivity index is 3.45. The van der Waals surface area contributed by atoms with Gasteiger partial charge in [0.05, 0.1) is 5.33 Å². The molecule has 0 aromatic rings. The molecule has 0 spiro atoms. The van der Waals surface area contributed by atoms with E-state index < -0.39 is 5.91 Å². The molecule has 0 aromatic heterocycles. The van der Waals surface area contributed by atoms with Gasteiger partial charge < -0.3 is 10.1 Å². The molecule has 7 heteroatoms. The Hall–Kier alpha value is -0.950. The molecule has 104 valence electrons. The number of halogens is 1. The summed E-state index contributed by atoms with van der Waals surface area (Å²) in [7, 11) is 0. The van der Waals surface area contributed by atoms with Gasteiger partial charge in [-0.15, -0.1) is 0 Å². The molecule has 0 saturated heterocycles. The fourth-order valence-electron chi connectivity index (χ4n) is 1.27. The standard InChI is InChI=1S/C11H19BrN2O4/c12-9-10(16)13-6-2-1-3-7-14(18)11(17)5-4-8-15/h8,18H,1-7,9H2,(H,13,16). The second kappa shape index (κ2) is 11.2. The maximum Gasteiger partial charge on any atom is 0.246 e. The van der Waals surface area contributed by atoms with Crippen molar-refractivity contribution in [2.24, 2.45) is 0 Å². The lowest BCUT2D eigenvalue weighted by Gasteiger charge is -2.14. The molecule has 0 bridgehead atoms. The number of nitrogens with zero attached hydrogens (tertiary/aromatic N) is 1. The first-order valence-corrected chi connectivity index (χ1v) is 6.99. The fraction of sp³-hybridized carbons (Fsp3) is 0.727. The van der Waals surface area contributed by atoms with Gasteiger partial charge in [0.1, 0.15) is 6.29 Å². The third-order valence-corrected chi connectivity index (χ3v) is 2.76. The third kappa shape index (κ3) is 9.12. The summed E-state index contributed by atoms with van der Waals surface area (Å²) in [6.07, 6.45) is 3.09. The molecule has 0 aliphatic rings. The first-order chi connectivity index (χ1) is 8.61. The molecule has 6 nitrogen and oxygen atoms in total. The summed E-state index contributed by atoms with van der Waals surface area (Å²) in [4.78, 5) is 32.1. The Morgan fingerprint density at radius 2 is 2.00 bits per heavy atom. The Bertz CT molecular complexity index is 274. The van der Waals surface area contributed by atoms with Crippen LogP contribution in [0.5, 0.6) is 0 Å². The number of carbonyl (C=O) groups excluding carboxylic acids is 3. The van der Waals surface area contributed by atoms with Crippen LogP contribution in [0.4, 0.5) is 0 Å². The summed E-state index contributed by atoms with van der Waals surface area (Å²) in [5.41, 5.74) is 0. The molecular weight excluding hydrogens is 304 g/mol. The van der Waals surface area contributed by atoms with Gasteiger partial charge in [0, 0.05) is 25.9 Å². The molecule has 0 aromatic carbocycles. The highest BCUT2D eigenvalue weighted by atomic mass is 79.9. The van der Waals surface area contributed by atoms with E-state index in [0.29, 0.717) is 29.6 Å². The van der Waals surface area contributed by atoms with E-state index in [2.05, 4.69) is 21.2 Å². The number of nitrogens with one attached hydrogen (secondary N) is 1. The van der Waals surface area contributed by atoms with Crippen molar-refractivity contribution < 1.29 is 19.6 Å². The molecule has 0 aliphatic heterocycles. The minimum Gasteiger partial charge on any atom is -0.355 e. The molecule has 0 heterocycles. The zero-order chi connectivity index (χ0) is 13.8. The fourth-order valence-corrected chi connectivity index (χ4v) is 1.47. The van der Waals surface area contributed by atoms with Crippen molar-refractivity contribution in [1.29, 1.82) is 0 Å². The molecule has 0 fully saturated rings. The van der Waals surface area contributed by atoms with E-state index in [1.165, 1.54) is 0 Å². The number of aldehydes is 1. The number of hydroxylamine groups is 2. The average molecular weight is 323 g/mol. The largest absolute Gasteiger partial charge is 0.355 e. The quantitative estimate of drug-likeness (QED) is 0.205. The second-order valence-electron chi connectivity index (χ2n) is 3.77. The summed E-state index contributed by atoms with van der Waals surface area (Å²) in [6.45, 7) is 0.846. The van der Waals surface area contributed by atoms with Crippen molar-refractivity contribution in [3.63, 3.8) is 0 Å². The van der Waals surface area contributed by atoms with E-state index in [1.807, 2.05) is 0 Å². The molecule has 0 rings (SSSR count). The van der Waals surface area contributed by atoms with Gasteiger partial charge in [-0.05, 0) is 19.3 Å². The minimum absolute atomic E-state index is 0.0430. The van der Waals surface area contributed by atoms with Crippen molar-refractivity contribution in [3.05, 3.63) is 0 Å². The Labute approximate surface area is 115 Å². The summed E-state index contributed by atoms with van der Waals surface area (Å²) in [5, 5.41) is 13.0. The van der Waals surface area contributed by atoms with Crippen LogP contribution < -0.4 is 5.32 Å². The van der Waals surface area contributed by atoms with E-state index in [-0.39, 0.29) is 25.3 Å². The predicted octanol–water partition coefficient (Wildman–Crippen LogP) is 0.865. The van der Waals surface area contributed by atoms with Gasteiger partial charge >= 0.3 is 0 Å². The third-order valence-electron chi connectivity index (χ3n) is 2.25. The molecule has 18 heavy (non-hydrogen) atoms. The molecule has 0 saturated carbocycles. The van der Waals surface area contributed by atoms with Crippen molar-refractivity contribution in [3.8, 4) is 0 Å². The number of unbranched alkanes of at least 4 members (excludes halogenated alkanes) is 2. The molecule has 2 N–H and O–H groups in total. The lowest BCUT2D eigenvalue weighted by Crippen LogP contribution is -2.28. The summed E-state index contributed by atoms with van der Waals surface area (Å²) in [5.74, 6) is -0.488.